The summed E-state index contributed by atoms with van der Waals surface area (Å²) in [4.78, 5) is 131. The summed E-state index contributed by atoms with van der Waals surface area (Å²) in [5, 5.41) is 101. The molecule has 0 saturated carbocycles. The van der Waals surface area contributed by atoms with Crippen LogP contribution in [0.3, 0.4) is 0 Å². The van der Waals surface area contributed by atoms with Gasteiger partial charge in [0.2, 0.25) is 0 Å². The zero-order valence-corrected chi connectivity index (χ0v) is 48.7. The number of nitro benzene ring substituents is 2. The third-order valence-corrected chi connectivity index (χ3v) is 16.2. The largest absolute Gasteiger partial charge is 0.480 e. The van der Waals surface area contributed by atoms with Crippen LogP contribution in [0.5, 0.6) is 0 Å². The molecule has 2 aromatic carbocycles. The lowest BCUT2D eigenvalue weighted by Gasteiger charge is -2.42. The number of hydrogen-bond donors (Lipinski definition) is 8. The van der Waals surface area contributed by atoms with Crippen LogP contribution in [-0.2, 0) is 51.2 Å². The molecule has 2 fully saturated rings. The zero-order chi connectivity index (χ0) is 63.4. The topological polar surface area (TPSA) is 411 Å². The van der Waals surface area contributed by atoms with Crippen LogP contribution >= 0.6 is 0 Å². The molecule has 468 valence electrons. The van der Waals surface area contributed by atoms with Crippen molar-refractivity contribution < 1.29 is 89.1 Å². The molecular formula is C54H82N10O20. The molecule has 30 nitrogen and oxygen atoms in total. The minimum Gasteiger partial charge on any atom is -0.480 e. The lowest BCUT2D eigenvalue weighted by atomic mass is 10.0. The van der Waals surface area contributed by atoms with Gasteiger partial charge in [-0.3, -0.25) is 97.8 Å². The number of hydrogen-bond acceptors (Lipinski definition) is 20. The first-order valence-corrected chi connectivity index (χ1v) is 27.5. The second kappa shape index (κ2) is 33.2. The van der Waals surface area contributed by atoms with E-state index in [4.69, 9.17) is 0 Å². The molecule has 0 spiro atoms. The normalized spacial score (nSPS) is 21.7. The van der Waals surface area contributed by atoms with Gasteiger partial charge in [0.15, 0.2) is 0 Å². The lowest BCUT2D eigenvalue weighted by molar-refractivity contribution is -0.385. The molecule has 0 unspecified atom stereocenters. The molecule has 2 heterocycles. The van der Waals surface area contributed by atoms with Crippen molar-refractivity contribution in [3.8, 4) is 0 Å². The predicted molar refractivity (Wildman–Crippen MR) is 301 cm³/mol. The van der Waals surface area contributed by atoms with E-state index in [0.717, 1.165) is 0 Å². The molecule has 2 aliphatic rings. The fraction of sp³-hybridized carbons (Fsp3) is 0.630. The minimum atomic E-state index is -1.12. The number of carbonyl (C=O) groups is 8. The van der Waals surface area contributed by atoms with E-state index in [2.05, 4.69) is 0 Å². The van der Waals surface area contributed by atoms with Gasteiger partial charge in [-0.2, -0.15) is 0 Å². The fourth-order valence-corrected chi connectivity index (χ4v) is 10.2. The van der Waals surface area contributed by atoms with Crippen LogP contribution in [0.1, 0.15) is 66.5 Å². The van der Waals surface area contributed by atoms with Gasteiger partial charge in [-0.05, 0) is 79.4 Å². The average Bonchev–Trinajstić information content (AvgIpc) is 3.64. The highest BCUT2D eigenvalue weighted by molar-refractivity contribution is 5.76. The van der Waals surface area contributed by atoms with Gasteiger partial charge < -0.3 is 40.9 Å². The highest BCUT2D eigenvalue weighted by atomic mass is 16.6. The van der Waals surface area contributed by atoms with Gasteiger partial charge in [0.05, 0.1) is 9.85 Å². The number of benzene rings is 2. The Bertz CT molecular complexity index is 2410. The van der Waals surface area contributed by atoms with Crippen molar-refractivity contribution in [2.24, 2.45) is 0 Å². The number of carboxylic acid groups (broad SMARTS) is 8. The van der Waals surface area contributed by atoms with Crippen LogP contribution in [0.25, 0.3) is 0 Å². The zero-order valence-electron chi connectivity index (χ0n) is 48.7. The molecule has 30 heteroatoms. The van der Waals surface area contributed by atoms with Crippen molar-refractivity contribution >= 4 is 59.1 Å². The van der Waals surface area contributed by atoms with Gasteiger partial charge in [0, 0.05) is 128 Å². The first kappa shape index (κ1) is 70.9. The van der Waals surface area contributed by atoms with Crippen LogP contribution in [0.2, 0.25) is 0 Å². The number of rotatable bonds is 22. The standard InChI is InChI=1S/2C27H41N5O10/c2*1-17(24(33)34)28-9-10-29(18(2)25(35)36)13-14-31(20(4)27(39)40)23(16-30(12-11-28)19(3)26(37)38)15-21-5-7-22(8-6-21)32(41)42/h2*5-8,17-20,23H,9-16H2,1-4H3,(H,33,34)(H,35,36)(H,37,38)(H,39,40)/t17-,18-,19-,20-,23+;17-,18-,19-,20-,23-/m10/s1. The summed E-state index contributed by atoms with van der Waals surface area (Å²) >= 11 is 0. The third-order valence-electron chi connectivity index (χ3n) is 16.2. The lowest BCUT2D eigenvalue weighted by Crippen LogP contribution is -2.58. The monoisotopic (exact) mass is 1190 g/mol. The molecule has 8 N–H and O–H groups in total. The number of aliphatic carboxylic acids is 8. The summed E-state index contributed by atoms with van der Waals surface area (Å²) in [5.41, 5.74) is 1.11. The summed E-state index contributed by atoms with van der Waals surface area (Å²) in [5.74, 6) is -8.75. The van der Waals surface area contributed by atoms with Crippen LogP contribution in [-0.4, -0.2) is 290 Å². The van der Waals surface area contributed by atoms with E-state index in [1.54, 1.807) is 63.5 Å². The molecule has 2 aromatic rings. The van der Waals surface area contributed by atoms with E-state index in [1.807, 2.05) is 0 Å². The maximum absolute atomic E-state index is 12.2. The van der Waals surface area contributed by atoms with Crippen LogP contribution in [0, 0.1) is 20.2 Å². The maximum atomic E-state index is 12.2. The molecule has 0 amide bonds. The molecule has 4 rings (SSSR count). The van der Waals surface area contributed by atoms with Crippen molar-refractivity contribution in [1.82, 2.24) is 39.2 Å². The molecular weight excluding hydrogens is 1110 g/mol. The van der Waals surface area contributed by atoms with E-state index < -0.39 is 118 Å². The number of nitro groups is 2. The number of carboxylic acids is 8. The molecule has 0 aromatic heterocycles. The van der Waals surface area contributed by atoms with Crippen molar-refractivity contribution in [2.45, 2.75) is 129 Å². The Labute approximate surface area is 486 Å². The van der Waals surface area contributed by atoms with Gasteiger partial charge in [0.1, 0.15) is 48.3 Å². The third kappa shape index (κ3) is 21.1. The smallest absolute Gasteiger partial charge is 0.320 e. The quantitative estimate of drug-likeness (QED) is 0.0607. The molecule has 84 heavy (non-hydrogen) atoms. The Morgan fingerprint density at radius 2 is 0.548 bits per heavy atom. The number of non-ortho nitro benzene ring substituents is 2. The highest BCUT2D eigenvalue weighted by Gasteiger charge is 2.38. The second-order valence-corrected chi connectivity index (χ2v) is 21.3. The second-order valence-electron chi connectivity index (χ2n) is 21.3. The maximum Gasteiger partial charge on any atom is 0.320 e. The Morgan fingerprint density at radius 3 is 0.750 bits per heavy atom. The van der Waals surface area contributed by atoms with Gasteiger partial charge in [-0.15, -0.1) is 0 Å². The minimum absolute atomic E-state index is 0.0891. The molecule has 0 aliphatic carbocycles. The van der Waals surface area contributed by atoms with Crippen molar-refractivity contribution in [3.05, 3.63) is 79.9 Å². The Hall–Kier alpha value is -7.32. The fourth-order valence-electron chi connectivity index (χ4n) is 10.2. The highest BCUT2D eigenvalue weighted by Crippen LogP contribution is 2.23. The van der Waals surface area contributed by atoms with Crippen LogP contribution in [0.4, 0.5) is 11.4 Å². The van der Waals surface area contributed by atoms with Crippen molar-refractivity contribution in [2.75, 3.05) is 91.6 Å². The first-order valence-electron chi connectivity index (χ1n) is 27.5. The molecule has 0 bridgehead atoms. The Balaban J connectivity index is 0.000000440. The van der Waals surface area contributed by atoms with E-state index in [1.165, 1.54) is 79.7 Å². The summed E-state index contributed by atoms with van der Waals surface area (Å²) in [6.07, 6.45) is 0.449. The van der Waals surface area contributed by atoms with Crippen LogP contribution in [0.15, 0.2) is 48.5 Å². The van der Waals surface area contributed by atoms with Crippen molar-refractivity contribution in [1.29, 1.82) is 0 Å². The van der Waals surface area contributed by atoms with E-state index in [9.17, 15) is 99.4 Å². The predicted octanol–water partition coefficient (Wildman–Crippen LogP) is 1.24. The van der Waals surface area contributed by atoms with Gasteiger partial charge in [-0.25, -0.2) is 0 Å². The molecule has 2 saturated heterocycles. The summed E-state index contributed by atoms with van der Waals surface area (Å²) in [6.45, 7) is 14.1. The van der Waals surface area contributed by atoms with Gasteiger partial charge in [-0.1, -0.05) is 24.3 Å². The molecule has 2 aliphatic heterocycles. The van der Waals surface area contributed by atoms with Gasteiger partial charge in [0.25, 0.3) is 11.4 Å². The first-order chi connectivity index (χ1) is 39.3. The SMILES string of the molecule is C[C@@H](C(=O)O)N1CCN([C@@H](C)C(=O)O)CCN([C@@H](C)C(=O)O)[C@@H](Cc2ccc([N+](=O)[O-])cc2)CN([C@@H](C)C(=O)O)CC1.C[C@H](C(=O)O)N1CCN([C@H](C)C(=O)O)CCN([C@H](C)C(=O)O)[C@@H](Cc2ccc([N+](=O)[O-])cc2)CN([C@H](C)C(=O)O)CC1. The summed E-state index contributed by atoms with van der Waals surface area (Å²) < 4.78 is 0. The van der Waals surface area contributed by atoms with Gasteiger partial charge >= 0.3 is 47.8 Å². The summed E-state index contributed by atoms with van der Waals surface area (Å²) in [7, 11) is 0. The Morgan fingerprint density at radius 1 is 0.357 bits per heavy atom. The summed E-state index contributed by atoms with van der Waals surface area (Å²) in [6, 6.07) is 2.72. The molecule has 10 atom stereocenters. The Kier molecular flexibility index (Phi) is 28.1. The van der Waals surface area contributed by atoms with E-state index >= 15 is 0 Å². The number of nitrogens with zero attached hydrogens (tertiary/aromatic N) is 10. The van der Waals surface area contributed by atoms with Crippen LogP contribution < -0.4 is 0 Å². The molecule has 0 radical (unpaired) electrons. The van der Waals surface area contributed by atoms with E-state index in [-0.39, 0.29) is 116 Å². The van der Waals surface area contributed by atoms with Crippen molar-refractivity contribution in [3.63, 3.8) is 0 Å². The average molecular weight is 1190 g/mol. The van der Waals surface area contributed by atoms with E-state index in [0.29, 0.717) is 11.1 Å².